The van der Waals surface area contributed by atoms with Crippen molar-refractivity contribution in [2.45, 2.75) is 32.3 Å². The van der Waals surface area contributed by atoms with E-state index in [4.69, 9.17) is 10.5 Å². The van der Waals surface area contributed by atoms with E-state index in [9.17, 15) is 5.11 Å². The molecule has 1 saturated carbocycles. The first-order chi connectivity index (χ1) is 8.22. The average Bonchev–Trinajstić information content (AvgIpc) is 2.29. The summed E-state index contributed by atoms with van der Waals surface area (Å²) in [7, 11) is 0. The molecule has 3 heteroatoms. The Labute approximate surface area is 103 Å². The number of ether oxygens (including phenoxy) is 1. The van der Waals surface area contributed by atoms with Gasteiger partial charge in [-0.3, -0.25) is 0 Å². The van der Waals surface area contributed by atoms with Gasteiger partial charge in [0.15, 0.2) is 0 Å². The zero-order valence-electron chi connectivity index (χ0n) is 10.4. The highest BCUT2D eigenvalue weighted by Gasteiger charge is 2.42. The van der Waals surface area contributed by atoms with Crippen LogP contribution in [-0.2, 0) is 0 Å². The molecule has 0 bridgehead atoms. The number of benzene rings is 1. The maximum atomic E-state index is 10.4. The first-order valence-corrected chi connectivity index (χ1v) is 6.33. The summed E-state index contributed by atoms with van der Waals surface area (Å²) < 4.78 is 5.45. The SMILES string of the molecule is CCOc1cccc(C(O)C2(CN)CCC2)c1. The van der Waals surface area contributed by atoms with Crippen LogP contribution < -0.4 is 10.5 Å². The van der Waals surface area contributed by atoms with Gasteiger partial charge in [-0.1, -0.05) is 18.6 Å². The minimum Gasteiger partial charge on any atom is -0.494 e. The van der Waals surface area contributed by atoms with E-state index in [-0.39, 0.29) is 5.41 Å². The van der Waals surface area contributed by atoms with Crippen molar-refractivity contribution in [2.24, 2.45) is 11.1 Å². The largest absolute Gasteiger partial charge is 0.494 e. The van der Waals surface area contributed by atoms with Crippen molar-refractivity contribution in [3.63, 3.8) is 0 Å². The fourth-order valence-corrected chi connectivity index (χ4v) is 2.51. The lowest BCUT2D eigenvalue weighted by atomic mass is 9.63. The molecule has 0 radical (unpaired) electrons. The Kier molecular flexibility index (Phi) is 3.69. The number of hydrogen-bond donors (Lipinski definition) is 2. The Hall–Kier alpha value is -1.06. The maximum absolute atomic E-state index is 10.4. The molecular formula is C14H21NO2. The summed E-state index contributed by atoms with van der Waals surface area (Å²) in [5.41, 5.74) is 6.62. The van der Waals surface area contributed by atoms with Crippen LogP contribution in [0.4, 0.5) is 0 Å². The number of aliphatic hydroxyl groups is 1. The van der Waals surface area contributed by atoms with E-state index in [2.05, 4.69) is 0 Å². The molecule has 0 spiro atoms. The third-order valence-corrected chi connectivity index (χ3v) is 3.82. The third-order valence-electron chi connectivity index (χ3n) is 3.82. The summed E-state index contributed by atoms with van der Waals surface area (Å²) in [5, 5.41) is 10.4. The van der Waals surface area contributed by atoms with E-state index in [1.807, 2.05) is 31.2 Å². The Morgan fingerprint density at radius 1 is 1.47 bits per heavy atom. The van der Waals surface area contributed by atoms with Crippen molar-refractivity contribution in [3.8, 4) is 5.75 Å². The number of aliphatic hydroxyl groups excluding tert-OH is 1. The molecule has 0 aliphatic heterocycles. The predicted molar refractivity (Wildman–Crippen MR) is 67.9 cm³/mol. The van der Waals surface area contributed by atoms with Crippen LogP contribution in [0.15, 0.2) is 24.3 Å². The highest BCUT2D eigenvalue weighted by molar-refractivity contribution is 5.31. The van der Waals surface area contributed by atoms with E-state index in [0.29, 0.717) is 13.2 Å². The molecule has 0 aromatic heterocycles. The van der Waals surface area contributed by atoms with Crippen LogP contribution in [0.3, 0.4) is 0 Å². The number of hydrogen-bond acceptors (Lipinski definition) is 3. The molecule has 3 nitrogen and oxygen atoms in total. The molecule has 0 saturated heterocycles. The highest BCUT2D eigenvalue weighted by Crippen LogP contribution is 2.49. The lowest BCUT2D eigenvalue weighted by Crippen LogP contribution is -2.42. The lowest BCUT2D eigenvalue weighted by Gasteiger charge is -2.44. The molecule has 1 aromatic rings. The third kappa shape index (κ3) is 2.31. The quantitative estimate of drug-likeness (QED) is 0.823. The molecule has 1 aliphatic rings. The van der Waals surface area contributed by atoms with Gasteiger partial charge in [0.2, 0.25) is 0 Å². The van der Waals surface area contributed by atoms with Gasteiger partial charge >= 0.3 is 0 Å². The monoisotopic (exact) mass is 235 g/mol. The first kappa shape index (κ1) is 12.4. The second kappa shape index (κ2) is 5.07. The second-order valence-electron chi connectivity index (χ2n) is 4.83. The summed E-state index contributed by atoms with van der Waals surface area (Å²) in [6.07, 6.45) is 2.73. The van der Waals surface area contributed by atoms with Gasteiger partial charge in [0.1, 0.15) is 5.75 Å². The minimum absolute atomic E-state index is 0.106. The Morgan fingerprint density at radius 2 is 2.24 bits per heavy atom. The summed E-state index contributed by atoms with van der Waals surface area (Å²) in [4.78, 5) is 0. The molecule has 1 aromatic carbocycles. The van der Waals surface area contributed by atoms with Gasteiger partial charge in [-0.05, 0) is 37.5 Å². The van der Waals surface area contributed by atoms with Crippen LogP contribution in [0.1, 0.15) is 37.9 Å². The average molecular weight is 235 g/mol. The van der Waals surface area contributed by atoms with Crippen LogP contribution >= 0.6 is 0 Å². The maximum Gasteiger partial charge on any atom is 0.119 e. The molecule has 94 valence electrons. The second-order valence-corrected chi connectivity index (χ2v) is 4.83. The van der Waals surface area contributed by atoms with Gasteiger partial charge in [-0.2, -0.15) is 0 Å². The standard InChI is InChI=1S/C14H21NO2/c1-2-17-12-6-3-5-11(9-12)13(16)14(10-15)7-4-8-14/h3,5-6,9,13,16H,2,4,7-8,10,15H2,1H3. The van der Waals surface area contributed by atoms with Crippen LogP contribution in [0.5, 0.6) is 5.75 Å². The summed E-state index contributed by atoms with van der Waals surface area (Å²) in [6, 6.07) is 7.70. The van der Waals surface area contributed by atoms with Gasteiger partial charge < -0.3 is 15.6 Å². The lowest BCUT2D eigenvalue weighted by molar-refractivity contribution is -0.0297. The van der Waals surface area contributed by atoms with Gasteiger partial charge in [0.05, 0.1) is 12.7 Å². The number of nitrogens with two attached hydrogens (primary N) is 1. The molecule has 2 rings (SSSR count). The van der Waals surface area contributed by atoms with Crippen LogP contribution in [-0.4, -0.2) is 18.3 Å². The predicted octanol–water partition coefficient (Wildman–Crippen LogP) is 2.25. The molecule has 0 heterocycles. The van der Waals surface area contributed by atoms with Crippen molar-refractivity contribution in [1.29, 1.82) is 0 Å². The fraction of sp³-hybridized carbons (Fsp3) is 0.571. The van der Waals surface area contributed by atoms with Crippen molar-refractivity contribution in [2.75, 3.05) is 13.2 Å². The van der Waals surface area contributed by atoms with Crippen molar-refractivity contribution in [1.82, 2.24) is 0 Å². The van der Waals surface area contributed by atoms with Crippen molar-refractivity contribution >= 4 is 0 Å². The Morgan fingerprint density at radius 3 is 2.76 bits per heavy atom. The topological polar surface area (TPSA) is 55.5 Å². The van der Waals surface area contributed by atoms with Gasteiger partial charge in [-0.15, -0.1) is 0 Å². The Bertz CT molecular complexity index is 369. The molecule has 0 amide bonds. The zero-order valence-corrected chi connectivity index (χ0v) is 10.4. The van der Waals surface area contributed by atoms with Crippen LogP contribution in [0.25, 0.3) is 0 Å². The van der Waals surface area contributed by atoms with Gasteiger partial charge in [-0.25, -0.2) is 0 Å². The van der Waals surface area contributed by atoms with E-state index in [1.54, 1.807) is 0 Å². The highest BCUT2D eigenvalue weighted by atomic mass is 16.5. The minimum atomic E-state index is -0.471. The Balaban J connectivity index is 2.18. The first-order valence-electron chi connectivity index (χ1n) is 6.33. The van der Waals surface area contributed by atoms with E-state index < -0.39 is 6.10 Å². The van der Waals surface area contributed by atoms with E-state index in [1.165, 1.54) is 6.42 Å². The smallest absolute Gasteiger partial charge is 0.119 e. The zero-order chi connectivity index (χ0) is 12.3. The molecule has 17 heavy (non-hydrogen) atoms. The molecule has 1 unspecified atom stereocenters. The van der Waals surface area contributed by atoms with Crippen LogP contribution in [0.2, 0.25) is 0 Å². The van der Waals surface area contributed by atoms with Gasteiger partial charge in [0.25, 0.3) is 0 Å². The summed E-state index contributed by atoms with van der Waals surface area (Å²) in [6.45, 7) is 3.14. The molecule has 1 atom stereocenters. The molecule has 1 aliphatic carbocycles. The summed E-state index contributed by atoms with van der Waals surface area (Å²) in [5.74, 6) is 0.815. The van der Waals surface area contributed by atoms with E-state index in [0.717, 1.165) is 24.2 Å². The summed E-state index contributed by atoms with van der Waals surface area (Å²) >= 11 is 0. The van der Waals surface area contributed by atoms with Crippen molar-refractivity contribution in [3.05, 3.63) is 29.8 Å². The van der Waals surface area contributed by atoms with Crippen LogP contribution in [0, 0.1) is 5.41 Å². The fourth-order valence-electron chi connectivity index (χ4n) is 2.51. The molecule has 1 fully saturated rings. The number of rotatable bonds is 5. The normalized spacial score (nSPS) is 19.5. The molecular weight excluding hydrogens is 214 g/mol. The molecule has 3 N–H and O–H groups in total. The van der Waals surface area contributed by atoms with Crippen molar-refractivity contribution < 1.29 is 9.84 Å². The van der Waals surface area contributed by atoms with E-state index >= 15 is 0 Å². The van der Waals surface area contributed by atoms with Gasteiger partial charge in [0, 0.05) is 12.0 Å².